The fourth-order valence-corrected chi connectivity index (χ4v) is 4.06. The van der Waals surface area contributed by atoms with Gasteiger partial charge in [-0.1, -0.05) is 0 Å². The number of carbonyl (C=O) groups is 2. The maximum absolute atomic E-state index is 12.5. The van der Waals surface area contributed by atoms with E-state index in [1.807, 2.05) is 0 Å². The second-order valence-electron chi connectivity index (χ2n) is 7.67. The standard InChI is InChI=1S/C22H22O11/c1-7-15(24)9-6-12(20(30-4)17(26)13(9)21(27)31-7)33-18-8(2)32-22(28)14-10(18)5-11(23)19(29-3)16(14)25/h5-8,15,18,23-26H,1-4H3/t7-,8+,15-,18+/m0/s1. The van der Waals surface area contributed by atoms with Gasteiger partial charge >= 0.3 is 11.9 Å². The van der Waals surface area contributed by atoms with Crippen LogP contribution in [0.2, 0.25) is 0 Å². The van der Waals surface area contributed by atoms with Crippen molar-refractivity contribution in [1.29, 1.82) is 0 Å². The first-order valence-electron chi connectivity index (χ1n) is 9.93. The molecule has 0 spiro atoms. The van der Waals surface area contributed by atoms with Crippen molar-refractivity contribution in [1.82, 2.24) is 0 Å². The molecular formula is C22H22O11. The van der Waals surface area contributed by atoms with Crippen LogP contribution in [0.1, 0.15) is 57.9 Å². The number of rotatable bonds is 4. The van der Waals surface area contributed by atoms with E-state index in [1.54, 1.807) is 0 Å². The predicted molar refractivity (Wildman–Crippen MR) is 109 cm³/mol. The molecule has 2 aromatic rings. The third-order valence-corrected chi connectivity index (χ3v) is 5.67. The maximum Gasteiger partial charge on any atom is 0.342 e. The Labute approximate surface area is 187 Å². The summed E-state index contributed by atoms with van der Waals surface area (Å²) in [4.78, 5) is 24.8. The van der Waals surface area contributed by atoms with Gasteiger partial charge in [0.25, 0.3) is 0 Å². The first kappa shape index (κ1) is 22.3. The average molecular weight is 462 g/mol. The Hall–Kier alpha value is -3.86. The lowest BCUT2D eigenvalue weighted by molar-refractivity contribution is -0.0231. The van der Waals surface area contributed by atoms with Crippen LogP contribution in [-0.2, 0) is 9.47 Å². The van der Waals surface area contributed by atoms with Crippen molar-refractivity contribution in [3.05, 3.63) is 34.4 Å². The summed E-state index contributed by atoms with van der Waals surface area (Å²) in [5.74, 6) is -3.94. The van der Waals surface area contributed by atoms with E-state index in [-0.39, 0.29) is 39.5 Å². The molecule has 33 heavy (non-hydrogen) atoms. The van der Waals surface area contributed by atoms with Crippen LogP contribution < -0.4 is 14.2 Å². The Bertz CT molecular complexity index is 1160. The Morgan fingerprint density at radius 1 is 0.818 bits per heavy atom. The number of aliphatic hydroxyl groups is 1. The van der Waals surface area contributed by atoms with E-state index in [1.165, 1.54) is 40.2 Å². The van der Waals surface area contributed by atoms with Crippen molar-refractivity contribution in [3.8, 4) is 34.5 Å². The van der Waals surface area contributed by atoms with Crippen LogP contribution in [0, 0.1) is 0 Å². The van der Waals surface area contributed by atoms with Gasteiger partial charge in [-0.2, -0.15) is 0 Å². The number of aromatic hydroxyl groups is 3. The molecule has 0 amide bonds. The summed E-state index contributed by atoms with van der Waals surface area (Å²) in [6, 6.07) is 2.52. The number of benzene rings is 2. The van der Waals surface area contributed by atoms with Crippen molar-refractivity contribution in [2.75, 3.05) is 14.2 Å². The van der Waals surface area contributed by atoms with Crippen molar-refractivity contribution in [2.24, 2.45) is 0 Å². The largest absolute Gasteiger partial charge is 0.504 e. The van der Waals surface area contributed by atoms with Crippen molar-refractivity contribution in [2.45, 2.75) is 38.3 Å². The fraction of sp³-hybridized carbons (Fsp3) is 0.364. The van der Waals surface area contributed by atoms with Gasteiger partial charge < -0.3 is 44.1 Å². The monoisotopic (exact) mass is 462 g/mol. The van der Waals surface area contributed by atoms with Crippen LogP contribution in [0.15, 0.2) is 12.1 Å². The van der Waals surface area contributed by atoms with E-state index < -0.39 is 53.6 Å². The number of ether oxygens (including phenoxy) is 5. The quantitative estimate of drug-likeness (QED) is 0.492. The summed E-state index contributed by atoms with van der Waals surface area (Å²) >= 11 is 0. The SMILES string of the molecule is COc1c(O)cc2c(c1O)C(=O)O[C@H](C)[C@H]2Oc1cc2c(c(O)c1OC)C(=O)O[C@@H](C)[C@@H]2O. The number of hydrogen-bond donors (Lipinski definition) is 4. The molecule has 176 valence electrons. The Kier molecular flexibility index (Phi) is 5.36. The molecule has 4 rings (SSSR count). The number of cyclic esters (lactones) is 2. The molecule has 0 fully saturated rings. The zero-order valence-corrected chi connectivity index (χ0v) is 18.1. The van der Waals surface area contributed by atoms with Gasteiger partial charge in [-0.15, -0.1) is 0 Å². The minimum absolute atomic E-state index is 0.0631. The number of esters is 2. The number of phenolic OH excluding ortho intramolecular Hbond substituents is 3. The lowest BCUT2D eigenvalue weighted by Gasteiger charge is -2.33. The summed E-state index contributed by atoms with van der Waals surface area (Å²) in [6.45, 7) is 3.02. The second-order valence-corrected chi connectivity index (χ2v) is 7.67. The average Bonchev–Trinajstić information content (AvgIpc) is 2.74. The molecule has 0 saturated heterocycles. The van der Waals surface area contributed by atoms with Gasteiger partial charge in [0.05, 0.1) is 14.2 Å². The number of methoxy groups -OCH3 is 2. The molecule has 0 bridgehead atoms. The van der Waals surface area contributed by atoms with Crippen LogP contribution in [0.3, 0.4) is 0 Å². The van der Waals surface area contributed by atoms with E-state index in [0.717, 1.165) is 0 Å². The Balaban J connectivity index is 1.87. The molecule has 2 heterocycles. The molecule has 2 aliphatic heterocycles. The molecule has 4 atom stereocenters. The highest BCUT2D eigenvalue weighted by Crippen LogP contribution is 2.50. The zero-order valence-electron chi connectivity index (χ0n) is 18.1. The van der Waals surface area contributed by atoms with Gasteiger partial charge in [-0.05, 0) is 26.0 Å². The van der Waals surface area contributed by atoms with Gasteiger partial charge in [-0.25, -0.2) is 9.59 Å². The summed E-state index contributed by atoms with van der Waals surface area (Å²) in [7, 11) is 2.45. The smallest absolute Gasteiger partial charge is 0.342 e. The molecule has 4 N–H and O–H groups in total. The summed E-state index contributed by atoms with van der Waals surface area (Å²) < 4.78 is 26.6. The summed E-state index contributed by atoms with van der Waals surface area (Å²) in [6.07, 6.45) is -4.09. The van der Waals surface area contributed by atoms with Gasteiger partial charge in [-0.3, -0.25) is 0 Å². The topological polar surface area (TPSA) is 161 Å². The molecule has 0 radical (unpaired) electrons. The van der Waals surface area contributed by atoms with Crippen LogP contribution in [0.5, 0.6) is 34.5 Å². The third-order valence-electron chi connectivity index (χ3n) is 5.67. The van der Waals surface area contributed by atoms with Gasteiger partial charge in [0.15, 0.2) is 29.1 Å². The van der Waals surface area contributed by atoms with Crippen LogP contribution in [0.4, 0.5) is 0 Å². The highest BCUT2D eigenvalue weighted by atomic mass is 16.6. The Morgan fingerprint density at radius 2 is 1.36 bits per heavy atom. The second kappa shape index (κ2) is 7.93. The fourth-order valence-electron chi connectivity index (χ4n) is 4.06. The molecule has 0 unspecified atom stereocenters. The number of aliphatic hydroxyl groups excluding tert-OH is 1. The van der Waals surface area contributed by atoms with E-state index in [9.17, 15) is 30.0 Å². The van der Waals surface area contributed by atoms with Gasteiger partial charge in [0.2, 0.25) is 11.5 Å². The lowest BCUT2D eigenvalue weighted by atomic mass is 9.93. The minimum atomic E-state index is -1.25. The Morgan fingerprint density at radius 3 is 1.97 bits per heavy atom. The summed E-state index contributed by atoms with van der Waals surface area (Å²) in [5, 5.41) is 41.9. The van der Waals surface area contributed by atoms with E-state index in [4.69, 9.17) is 23.7 Å². The van der Waals surface area contributed by atoms with Gasteiger partial charge in [0, 0.05) is 11.1 Å². The first-order valence-corrected chi connectivity index (χ1v) is 9.93. The normalized spacial score (nSPS) is 23.7. The molecule has 2 aliphatic rings. The maximum atomic E-state index is 12.5. The molecule has 0 saturated carbocycles. The molecule has 2 aromatic carbocycles. The highest BCUT2D eigenvalue weighted by molar-refractivity contribution is 5.98. The number of carbonyl (C=O) groups excluding carboxylic acids is 2. The number of phenols is 3. The predicted octanol–water partition coefficient (Wildman–Crippen LogP) is 2.09. The molecule has 0 aromatic heterocycles. The van der Waals surface area contributed by atoms with Crippen LogP contribution in [-0.4, -0.2) is 58.8 Å². The van der Waals surface area contributed by atoms with Crippen LogP contribution in [0.25, 0.3) is 0 Å². The molecule has 11 nitrogen and oxygen atoms in total. The molecule has 0 aliphatic carbocycles. The van der Waals surface area contributed by atoms with Crippen molar-refractivity contribution in [3.63, 3.8) is 0 Å². The third kappa shape index (κ3) is 3.32. The van der Waals surface area contributed by atoms with E-state index >= 15 is 0 Å². The van der Waals surface area contributed by atoms with Crippen LogP contribution >= 0.6 is 0 Å². The van der Waals surface area contributed by atoms with Crippen molar-refractivity contribution < 1.29 is 53.7 Å². The molecular weight excluding hydrogens is 440 g/mol. The zero-order chi connectivity index (χ0) is 24.2. The number of fused-ring (bicyclic) bond motifs is 2. The lowest BCUT2D eigenvalue weighted by Crippen LogP contribution is -2.34. The van der Waals surface area contributed by atoms with Gasteiger partial charge in [0.1, 0.15) is 29.4 Å². The number of hydrogen-bond acceptors (Lipinski definition) is 11. The van der Waals surface area contributed by atoms with E-state index in [2.05, 4.69) is 0 Å². The highest BCUT2D eigenvalue weighted by Gasteiger charge is 2.41. The first-order chi connectivity index (χ1) is 15.6. The molecule has 11 heteroatoms. The summed E-state index contributed by atoms with van der Waals surface area (Å²) in [5.41, 5.74) is -0.352. The van der Waals surface area contributed by atoms with E-state index in [0.29, 0.717) is 0 Å². The minimum Gasteiger partial charge on any atom is -0.504 e. The van der Waals surface area contributed by atoms with Crippen molar-refractivity contribution >= 4 is 11.9 Å².